The van der Waals surface area contributed by atoms with Crippen LogP contribution in [0.4, 0.5) is 0 Å². The number of pyridine rings is 1. The van der Waals surface area contributed by atoms with Crippen molar-refractivity contribution in [3.8, 4) is 0 Å². The molecule has 110 valence electrons. The number of fused-ring (bicyclic) bond motifs is 1. The van der Waals surface area contributed by atoms with Gasteiger partial charge in [-0.2, -0.15) is 0 Å². The zero-order valence-corrected chi connectivity index (χ0v) is 12.5. The molecular weight excluding hydrogens is 312 g/mol. The summed E-state index contributed by atoms with van der Waals surface area (Å²) < 4.78 is 30.7. The second-order valence-corrected chi connectivity index (χ2v) is 6.50. The summed E-state index contributed by atoms with van der Waals surface area (Å²) in [6.45, 7) is 0.813. The minimum atomic E-state index is -3.72. The summed E-state index contributed by atoms with van der Waals surface area (Å²) in [6.07, 6.45) is 5.36. The molecule has 0 aliphatic carbocycles. The van der Waals surface area contributed by atoms with Gasteiger partial charge in [0, 0.05) is 31.7 Å². The van der Waals surface area contributed by atoms with Crippen molar-refractivity contribution in [1.82, 2.24) is 18.7 Å². The number of imidazole rings is 1. The number of halogens is 1. The number of sulfonamides is 1. The third-order valence-corrected chi connectivity index (χ3v) is 4.89. The van der Waals surface area contributed by atoms with E-state index >= 15 is 0 Å². The van der Waals surface area contributed by atoms with Crippen LogP contribution in [-0.2, 0) is 16.6 Å². The zero-order valence-electron chi connectivity index (χ0n) is 11.0. The predicted octanol–water partition coefficient (Wildman–Crippen LogP) is 1.77. The predicted molar refractivity (Wildman–Crippen MR) is 79.8 cm³/mol. The second-order valence-electron chi connectivity index (χ2n) is 4.46. The van der Waals surface area contributed by atoms with Gasteiger partial charge in [-0.3, -0.25) is 4.40 Å². The van der Waals surface area contributed by atoms with Crippen molar-refractivity contribution in [1.29, 1.82) is 0 Å². The maximum Gasteiger partial charge on any atom is 0.259 e. The standard InChI is InChI=1S/C13H13ClN4O2S/c14-12-13(18-9-2-1-5-11(18)16-12)21(19,20)15-6-10-17-7-3-4-8-17/h1-5,7-9,15H,6,10H2. The Bertz CT molecular complexity index is 856. The average Bonchev–Trinajstić information content (AvgIpc) is 3.04. The number of hydrogen-bond donors (Lipinski definition) is 1. The summed E-state index contributed by atoms with van der Waals surface area (Å²) in [4.78, 5) is 4.04. The van der Waals surface area contributed by atoms with Crippen molar-refractivity contribution in [3.05, 3.63) is 54.1 Å². The van der Waals surface area contributed by atoms with Gasteiger partial charge >= 0.3 is 0 Å². The highest BCUT2D eigenvalue weighted by molar-refractivity contribution is 7.89. The van der Waals surface area contributed by atoms with E-state index in [0.717, 1.165) is 0 Å². The molecule has 0 spiro atoms. The van der Waals surface area contributed by atoms with Gasteiger partial charge in [-0.1, -0.05) is 17.7 Å². The Labute approximate surface area is 127 Å². The van der Waals surface area contributed by atoms with Crippen LogP contribution in [0.25, 0.3) is 5.65 Å². The summed E-state index contributed by atoms with van der Waals surface area (Å²) in [5.41, 5.74) is 0.494. The van der Waals surface area contributed by atoms with E-state index in [2.05, 4.69) is 9.71 Å². The van der Waals surface area contributed by atoms with Gasteiger partial charge in [0.1, 0.15) is 5.65 Å². The van der Waals surface area contributed by atoms with Crippen LogP contribution in [0.5, 0.6) is 0 Å². The van der Waals surface area contributed by atoms with Crippen LogP contribution in [0.1, 0.15) is 0 Å². The van der Waals surface area contributed by atoms with Crippen LogP contribution >= 0.6 is 11.6 Å². The molecule has 0 amide bonds. The number of hydrogen-bond acceptors (Lipinski definition) is 3. The van der Waals surface area contributed by atoms with Crippen molar-refractivity contribution >= 4 is 27.3 Å². The molecule has 0 aromatic carbocycles. The minimum Gasteiger partial charge on any atom is -0.353 e. The van der Waals surface area contributed by atoms with Gasteiger partial charge in [0.15, 0.2) is 10.2 Å². The van der Waals surface area contributed by atoms with Crippen molar-refractivity contribution in [2.24, 2.45) is 0 Å². The van der Waals surface area contributed by atoms with E-state index in [1.165, 1.54) is 4.40 Å². The van der Waals surface area contributed by atoms with E-state index in [4.69, 9.17) is 11.6 Å². The van der Waals surface area contributed by atoms with Gasteiger partial charge in [-0.25, -0.2) is 18.1 Å². The Kier molecular flexibility index (Phi) is 3.71. The van der Waals surface area contributed by atoms with Crippen LogP contribution in [0.15, 0.2) is 53.9 Å². The fraction of sp³-hybridized carbons (Fsp3) is 0.154. The topological polar surface area (TPSA) is 68.4 Å². The lowest BCUT2D eigenvalue weighted by Crippen LogP contribution is -2.28. The van der Waals surface area contributed by atoms with Gasteiger partial charge in [-0.15, -0.1) is 0 Å². The molecule has 21 heavy (non-hydrogen) atoms. The van der Waals surface area contributed by atoms with Crippen LogP contribution < -0.4 is 4.72 Å². The lowest BCUT2D eigenvalue weighted by atomic mass is 10.5. The Balaban J connectivity index is 1.84. The Hall–Kier alpha value is -1.83. The summed E-state index contributed by atoms with van der Waals surface area (Å²) in [6, 6.07) is 8.97. The normalized spacial score (nSPS) is 12.0. The minimum absolute atomic E-state index is 0.0327. The van der Waals surface area contributed by atoms with E-state index in [9.17, 15) is 8.42 Å². The first kappa shape index (κ1) is 14.1. The molecule has 6 nitrogen and oxygen atoms in total. The monoisotopic (exact) mass is 324 g/mol. The molecule has 0 fully saturated rings. The average molecular weight is 325 g/mol. The maximum atomic E-state index is 12.4. The molecule has 3 heterocycles. The fourth-order valence-corrected chi connectivity index (χ4v) is 3.74. The summed E-state index contributed by atoms with van der Waals surface area (Å²) in [5, 5.41) is -0.0677. The SMILES string of the molecule is O=S(=O)(NCCn1cccc1)c1c(Cl)nc2ccccn12. The third-order valence-electron chi connectivity index (χ3n) is 3.03. The molecule has 0 unspecified atom stereocenters. The van der Waals surface area contributed by atoms with E-state index in [-0.39, 0.29) is 16.7 Å². The molecule has 0 aliphatic rings. The Morgan fingerprint density at radius 2 is 1.86 bits per heavy atom. The van der Waals surface area contributed by atoms with Crippen LogP contribution in [0, 0.1) is 0 Å². The van der Waals surface area contributed by atoms with Crippen LogP contribution in [0.2, 0.25) is 5.15 Å². The van der Waals surface area contributed by atoms with Gasteiger partial charge < -0.3 is 4.57 Å². The largest absolute Gasteiger partial charge is 0.353 e. The molecular formula is C13H13ClN4O2S. The van der Waals surface area contributed by atoms with Gasteiger partial charge in [-0.05, 0) is 24.3 Å². The Morgan fingerprint density at radius 1 is 1.14 bits per heavy atom. The fourth-order valence-electron chi connectivity index (χ4n) is 2.08. The third kappa shape index (κ3) is 2.80. The highest BCUT2D eigenvalue weighted by Gasteiger charge is 2.23. The molecule has 0 atom stereocenters. The van der Waals surface area contributed by atoms with Crippen molar-refractivity contribution < 1.29 is 8.42 Å². The van der Waals surface area contributed by atoms with Gasteiger partial charge in [0.2, 0.25) is 0 Å². The first-order valence-corrected chi connectivity index (χ1v) is 8.17. The first-order valence-electron chi connectivity index (χ1n) is 6.31. The van der Waals surface area contributed by atoms with E-state index in [0.29, 0.717) is 12.2 Å². The zero-order chi connectivity index (χ0) is 14.9. The van der Waals surface area contributed by atoms with Gasteiger partial charge in [0.25, 0.3) is 10.0 Å². The molecule has 0 bridgehead atoms. The smallest absolute Gasteiger partial charge is 0.259 e. The first-order chi connectivity index (χ1) is 10.1. The van der Waals surface area contributed by atoms with Crippen molar-refractivity contribution in [2.45, 2.75) is 11.6 Å². The number of nitrogens with one attached hydrogen (secondary N) is 1. The van der Waals surface area contributed by atoms with Crippen molar-refractivity contribution in [2.75, 3.05) is 6.54 Å². The van der Waals surface area contributed by atoms with Gasteiger partial charge in [0.05, 0.1) is 0 Å². The molecule has 0 radical (unpaired) electrons. The highest BCUT2D eigenvalue weighted by Crippen LogP contribution is 2.22. The lowest BCUT2D eigenvalue weighted by molar-refractivity contribution is 0.568. The molecule has 3 aromatic rings. The van der Waals surface area contributed by atoms with Crippen LogP contribution in [0.3, 0.4) is 0 Å². The number of rotatable bonds is 5. The Morgan fingerprint density at radius 3 is 2.62 bits per heavy atom. The summed E-state index contributed by atoms with van der Waals surface area (Å²) in [5.74, 6) is 0. The molecule has 1 N–H and O–H groups in total. The summed E-state index contributed by atoms with van der Waals surface area (Å²) >= 11 is 5.97. The molecule has 0 aliphatic heterocycles. The quantitative estimate of drug-likeness (QED) is 0.777. The van der Waals surface area contributed by atoms with Crippen LogP contribution in [-0.4, -0.2) is 28.9 Å². The molecule has 8 heteroatoms. The molecule has 3 rings (SSSR count). The van der Waals surface area contributed by atoms with E-state index < -0.39 is 10.0 Å². The number of nitrogens with zero attached hydrogens (tertiary/aromatic N) is 3. The second kappa shape index (κ2) is 5.51. The molecule has 0 saturated carbocycles. The summed E-state index contributed by atoms with van der Waals surface area (Å²) in [7, 11) is -3.72. The van der Waals surface area contributed by atoms with Crippen molar-refractivity contribution in [3.63, 3.8) is 0 Å². The molecule has 0 saturated heterocycles. The van der Waals surface area contributed by atoms with E-state index in [1.54, 1.807) is 24.4 Å². The lowest BCUT2D eigenvalue weighted by Gasteiger charge is -2.07. The number of aromatic nitrogens is 3. The maximum absolute atomic E-state index is 12.4. The molecule has 3 aromatic heterocycles. The highest BCUT2D eigenvalue weighted by atomic mass is 35.5. The van der Waals surface area contributed by atoms with E-state index in [1.807, 2.05) is 29.1 Å².